The highest BCUT2D eigenvalue weighted by Gasteiger charge is 1.89. The van der Waals surface area contributed by atoms with Crippen LogP contribution in [0, 0.1) is 6.92 Å². The number of nitrogens with zero attached hydrogens (tertiary/aromatic N) is 1. The van der Waals surface area contributed by atoms with Gasteiger partial charge in [0, 0.05) is 12.4 Å². The Kier molecular flexibility index (Phi) is 3.00. The summed E-state index contributed by atoms with van der Waals surface area (Å²) in [5.41, 5.74) is 1.93. The number of carbonyl (C=O) groups is 1. The van der Waals surface area contributed by atoms with Crippen molar-refractivity contribution < 1.29 is 4.79 Å². The molecular weight excluding hydrogens is 174 g/mol. The highest BCUT2D eigenvalue weighted by molar-refractivity contribution is 6.66. The lowest BCUT2D eigenvalue weighted by Gasteiger charge is -1.92. The molecule has 0 amide bonds. The summed E-state index contributed by atoms with van der Waals surface area (Å²) in [4.78, 5) is 14.3. The Balaban J connectivity index is 2.83. The number of hydrogen-bond acceptors (Lipinski definition) is 2. The second kappa shape index (κ2) is 4.02. The smallest absolute Gasteiger partial charge is 0.245 e. The number of pyridine rings is 1. The van der Waals surface area contributed by atoms with Gasteiger partial charge in [-0.05, 0) is 47.9 Å². The van der Waals surface area contributed by atoms with Crippen LogP contribution in [0.15, 0.2) is 24.5 Å². The van der Waals surface area contributed by atoms with Gasteiger partial charge in [-0.3, -0.25) is 9.78 Å². The summed E-state index contributed by atoms with van der Waals surface area (Å²) >= 11 is 5.12. The monoisotopic (exact) mass is 181 g/mol. The first-order valence-corrected chi connectivity index (χ1v) is 3.85. The molecule has 2 nitrogen and oxygen atoms in total. The molecule has 12 heavy (non-hydrogen) atoms. The average molecular weight is 182 g/mol. The minimum Gasteiger partial charge on any atom is -0.276 e. The van der Waals surface area contributed by atoms with Gasteiger partial charge in [-0.15, -0.1) is 0 Å². The second-order valence-electron chi connectivity index (χ2n) is 2.43. The molecule has 0 atom stereocenters. The van der Waals surface area contributed by atoms with Crippen molar-refractivity contribution in [3.05, 3.63) is 35.7 Å². The zero-order chi connectivity index (χ0) is 8.97. The molecule has 62 valence electrons. The molecule has 1 heterocycles. The van der Waals surface area contributed by atoms with Crippen molar-refractivity contribution in [1.29, 1.82) is 0 Å². The van der Waals surface area contributed by atoms with Crippen molar-refractivity contribution >= 4 is 22.9 Å². The van der Waals surface area contributed by atoms with E-state index in [0.717, 1.165) is 11.1 Å². The highest BCUT2D eigenvalue weighted by Crippen LogP contribution is 2.03. The summed E-state index contributed by atoms with van der Waals surface area (Å²) in [5, 5.41) is -0.475. The molecular formula is C9H8ClNO. The molecule has 1 rings (SSSR count). The molecule has 3 heteroatoms. The molecule has 0 unspecified atom stereocenters. The molecule has 0 aliphatic rings. The third-order valence-electron chi connectivity index (χ3n) is 1.30. The van der Waals surface area contributed by atoms with E-state index in [1.54, 1.807) is 18.5 Å². The van der Waals surface area contributed by atoms with Crippen LogP contribution in [0.4, 0.5) is 0 Å². The van der Waals surface area contributed by atoms with E-state index in [1.165, 1.54) is 6.08 Å². The molecule has 0 radical (unpaired) electrons. The Bertz CT molecular complexity index is 320. The van der Waals surface area contributed by atoms with Crippen LogP contribution in [0.2, 0.25) is 0 Å². The fourth-order valence-corrected chi connectivity index (χ4v) is 0.894. The van der Waals surface area contributed by atoms with Crippen LogP contribution >= 0.6 is 11.6 Å². The van der Waals surface area contributed by atoms with Crippen LogP contribution in [-0.2, 0) is 4.79 Å². The molecule has 1 aromatic heterocycles. The van der Waals surface area contributed by atoms with Gasteiger partial charge < -0.3 is 0 Å². The van der Waals surface area contributed by atoms with Crippen molar-refractivity contribution in [3.63, 3.8) is 0 Å². The molecule has 0 fully saturated rings. The fraction of sp³-hybridized carbons (Fsp3) is 0.111. The first-order chi connectivity index (χ1) is 5.68. The van der Waals surface area contributed by atoms with Crippen LogP contribution in [0.5, 0.6) is 0 Å². The standard InChI is InChI=1S/C9H8ClNO/c1-7-4-8(6-11-5-7)2-3-9(10)12/h2-6H,1H3/b3-2+. The second-order valence-corrected chi connectivity index (χ2v) is 2.81. The van der Waals surface area contributed by atoms with Crippen molar-refractivity contribution in [2.75, 3.05) is 0 Å². The summed E-state index contributed by atoms with van der Waals surface area (Å²) < 4.78 is 0. The van der Waals surface area contributed by atoms with Crippen LogP contribution in [0.3, 0.4) is 0 Å². The first-order valence-electron chi connectivity index (χ1n) is 3.47. The summed E-state index contributed by atoms with van der Waals surface area (Å²) in [5.74, 6) is 0. The maximum atomic E-state index is 10.4. The predicted molar refractivity (Wildman–Crippen MR) is 48.9 cm³/mol. The van der Waals surface area contributed by atoms with Crippen molar-refractivity contribution in [3.8, 4) is 0 Å². The molecule has 0 bridgehead atoms. The molecule has 1 aromatic rings. The number of aryl methyl sites for hydroxylation is 1. The van der Waals surface area contributed by atoms with Gasteiger partial charge in [0.25, 0.3) is 0 Å². The van der Waals surface area contributed by atoms with Gasteiger partial charge in [-0.2, -0.15) is 0 Å². The normalized spacial score (nSPS) is 10.5. The van der Waals surface area contributed by atoms with E-state index in [4.69, 9.17) is 11.6 Å². The van der Waals surface area contributed by atoms with E-state index >= 15 is 0 Å². The van der Waals surface area contributed by atoms with E-state index in [2.05, 4.69) is 4.98 Å². The highest BCUT2D eigenvalue weighted by atomic mass is 35.5. The van der Waals surface area contributed by atoms with E-state index in [0.29, 0.717) is 0 Å². The molecule has 0 aliphatic carbocycles. The third-order valence-corrected chi connectivity index (χ3v) is 1.43. The number of rotatable bonds is 2. The van der Waals surface area contributed by atoms with E-state index in [1.807, 2.05) is 13.0 Å². The van der Waals surface area contributed by atoms with E-state index < -0.39 is 5.24 Å². The number of aromatic nitrogens is 1. The minimum atomic E-state index is -0.475. The zero-order valence-corrected chi connectivity index (χ0v) is 7.38. The molecule has 0 spiro atoms. The van der Waals surface area contributed by atoms with Gasteiger partial charge in [0.2, 0.25) is 5.24 Å². The van der Waals surface area contributed by atoms with Crippen LogP contribution in [0.25, 0.3) is 6.08 Å². The molecule has 0 aromatic carbocycles. The molecule has 0 aliphatic heterocycles. The van der Waals surface area contributed by atoms with Gasteiger partial charge in [0.05, 0.1) is 0 Å². The quantitative estimate of drug-likeness (QED) is 0.517. The Morgan fingerprint density at radius 2 is 2.33 bits per heavy atom. The molecule has 0 saturated carbocycles. The lowest BCUT2D eigenvalue weighted by Crippen LogP contribution is -1.80. The van der Waals surface area contributed by atoms with Gasteiger partial charge >= 0.3 is 0 Å². The predicted octanol–water partition coefficient (Wildman–Crippen LogP) is 2.17. The maximum Gasteiger partial charge on any atom is 0.245 e. The summed E-state index contributed by atoms with van der Waals surface area (Å²) in [6.45, 7) is 1.94. The number of allylic oxidation sites excluding steroid dienone is 1. The third kappa shape index (κ3) is 2.84. The average Bonchev–Trinajstić information content (AvgIpc) is 2.01. The lowest BCUT2D eigenvalue weighted by molar-refractivity contribution is -0.107. The first kappa shape index (κ1) is 8.94. The zero-order valence-electron chi connectivity index (χ0n) is 6.62. The Morgan fingerprint density at radius 3 is 2.92 bits per heavy atom. The maximum absolute atomic E-state index is 10.4. The van der Waals surface area contributed by atoms with Crippen LogP contribution in [-0.4, -0.2) is 10.2 Å². The largest absolute Gasteiger partial charge is 0.276 e. The Labute approximate surface area is 75.9 Å². The topological polar surface area (TPSA) is 30.0 Å². The Morgan fingerprint density at radius 1 is 1.58 bits per heavy atom. The fourth-order valence-electron chi connectivity index (χ4n) is 0.831. The van der Waals surface area contributed by atoms with E-state index in [9.17, 15) is 4.79 Å². The van der Waals surface area contributed by atoms with Crippen molar-refractivity contribution in [2.45, 2.75) is 6.92 Å². The number of carbonyl (C=O) groups excluding carboxylic acids is 1. The Hall–Kier alpha value is -1.15. The molecule has 0 N–H and O–H groups in total. The van der Waals surface area contributed by atoms with Crippen LogP contribution < -0.4 is 0 Å². The van der Waals surface area contributed by atoms with Crippen molar-refractivity contribution in [1.82, 2.24) is 4.98 Å². The summed E-state index contributed by atoms with van der Waals surface area (Å²) in [6, 6.07) is 1.92. The lowest BCUT2D eigenvalue weighted by atomic mass is 10.2. The number of hydrogen-bond donors (Lipinski definition) is 0. The van der Waals surface area contributed by atoms with Gasteiger partial charge in [-0.1, -0.05) is 0 Å². The van der Waals surface area contributed by atoms with Gasteiger partial charge in [-0.25, -0.2) is 0 Å². The number of halogens is 1. The summed E-state index contributed by atoms with van der Waals surface area (Å²) in [6.07, 6.45) is 6.36. The van der Waals surface area contributed by atoms with Gasteiger partial charge in [0.15, 0.2) is 0 Å². The van der Waals surface area contributed by atoms with Crippen molar-refractivity contribution in [2.24, 2.45) is 0 Å². The van der Waals surface area contributed by atoms with E-state index in [-0.39, 0.29) is 0 Å². The summed E-state index contributed by atoms with van der Waals surface area (Å²) in [7, 11) is 0. The minimum absolute atomic E-state index is 0.475. The molecule has 0 saturated heterocycles. The van der Waals surface area contributed by atoms with Gasteiger partial charge in [0.1, 0.15) is 0 Å². The SMILES string of the molecule is Cc1cncc(/C=C/C(=O)Cl)c1. The van der Waals surface area contributed by atoms with Crippen LogP contribution in [0.1, 0.15) is 11.1 Å².